The van der Waals surface area contributed by atoms with Gasteiger partial charge in [-0.25, -0.2) is 8.42 Å². The van der Waals surface area contributed by atoms with E-state index in [1.807, 2.05) is 45.9 Å². The summed E-state index contributed by atoms with van der Waals surface area (Å²) in [6.45, 7) is 7.79. The number of ether oxygens (including phenoxy) is 1. The summed E-state index contributed by atoms with van der Waals surface area (Å²) in [6.07, 6.45) is 0. The van der Waals surface area contributed by atoms with Gasteiger partial charge < -0.3 is 4.74 Å². The molecule has 124 valence electrons. The Morgan fingerprint density at radius 3 is 2.17 bits per heavy atom. The van der Waals surface area contributed by atoms with E-state index in [-0.39, 0.29) is 10.8 Å². The zero-order chi connectivity index (χ0) is 17.2. The van der Waals surface area contributed by atoms with Crippen molar-refractivity contribution in [1.82, 2.24) is 0 Å². The van der Waals surface area contributed by atoms with Crippen LogP contribution in [0.4, 0.5) is 5.69 Å². The zero-order valence-electron chi connectivity index (χ0n) is 14.2. The van der Waals surface area contributed by atoms with Crippen molar-refractivity contribution in [1.29, 1.82) is 0 Å². The molecule has 0 atom stereocenters. The highest BCUT2D eigenvalue weighted by atomic mass is 32.2. The number of hydrogen-bond donors (Lipinski definition) is 1. The minimum absolute atomic E-state index is 0.167. The number of aryl methyl sites for hydroxylation is 2. The first kappa shape index (κ1) is 17.3. The van der Waals surface area contributed by atoms with Gasteiger partial charge in [-0.3, -0.25) is 4.72 Å². The molecule has 0 bridgehead atoms. The summed E-state index contributed by atoms with van der Waals surface area (Å²) in [5, 5.41) is 0. The van der Waals surface area contributed by atoms with Crippen molar-refractivity contribution in [2.75, 3.05) is 11.8 Å². The highest BCUT2D eigenvalue weighted by Crippen LogP contribution is 2.30. The van der Waals surface area contributed by atoms with Crippen LogP contribution in [0.25, 0.3) is 0 Å². The molecule has 0 aromatic heterocycles. The largest absolute Gasteiger partial charge is 0.496 e. The Balaban J connectivity index is 2.46. The maximum atomic E-state index is 12.7. The number of anilines is 1. The van der Waals surface area contributed by atoms with Crippen LogP contribution in [0.15, 0.2) is 41.3 Å². The Morgan fingerprint density at radius 1 is 1.04 bits per heavy atom. The van der Waals surface area contributed by atoms with Crippen LogP contribution >= 0.6 is 0 Å². The topological polar surface area (TPSA) is 55.4 Å². The van der Waals surface area contributed by atoms with E-state index in [1.54, 1.807) is 25.3 Å². The van der Waals surface area contributed by atoms with Crippen molar-refractivity contribution < 1.29 is 13.2 Å². The van der Waals surface area contributed by atoms with Crippen LogP contribution < -0.4 is 9.46 Å². The fourth-order valence-corrected chi connectivity index (χ4v) is 3.74. The van der Waals surface area contributed by atoms with Gasteiger partial charge in [-0.05, 0) is 54.7 Å². The van der Waals surface area contributed by atoms with Crippen LogP contribution in [-0.2, 0) is 10.0 Å². The van der Waals surface area contributed by atoms with E-state index in [1.165, 1.54) is 0 Å². The fraction of sp³-hybridized carbons (Fsp3) is 0.333. The van der Waals surface area contributed by atoms with Gasteiger partial charge in [0.1, 0.15) is 5.75 Å². The van der Waals surface area contributed by atoms with Gasteiger partial charge in [-0.2, -0.15) is 0 Å². The minimum atomic E-state index is -3.64. The Morgan fingerprint density at radius 2 is 1.65 bits per heavy atom. The van der Waals surface area contributed by atoms with E-state index in [0.717, 1.165) is 16.7 Å². The summed E-state index contributed by atoms with van der Waals surface area (Å²) in [6, 6.07) is 10.6. The lowest BCUT2D eigenvalue weighted by molar-refractivity contribution is 0.407. The van der Waals surface area contributed by atoms with Crippen molar-refractivity contribution in [2.45, 2.75) is 38.5 Å². The van der Waals surface area contributed by atoms with Crippen LogP contribution in [0, 0.1) is 13.8 Å². The van der Waals surface area contributed by atoms with Gasteiger partial charge in [0.15, 0.2) is 0 Å². The number of rotatable bonds is 5. The third-order valence-corrected chi connectivity index (χ3v) is 5.20. The molecule has 0 aliphatic heterocycles. The van der Waals surface area contributed by atoms with Gasteiger partial charge >= 0.3 is 0 Å². The van der Waals surface area contributed by atoms with Gasteiger partial charge in [0, 0.05) is 0 Å². The molecule has 2 aromatic rings. The molecule has 0 spiro atoms. The Hall–Kier alpha value is -2.01. The molecule has 2 rings (SSSR count). The van der Waals surface area contributed by atoms with Gasteiger partial charge in [0.05, 0.1) is 17.7 Å². The minimum Gasteiger partial charge on any atom is -0.496 e. The van der Waals surface area contributed by atoms with E-state index in [2.05, 4.69) is 4.72 Å². The lowest BCUT2D eigenvalue weighted by atomic mass is 10.0. The average Bonchev–Trinajstić information content (AvgIpc) is 2.50. The average molecular weight is 333 g/mol. The predicted octanol–water partition coefficient (Wildman–Crippen LogP) is 4.24. The van der Waals surface area contributed by atoms with Crippen LogP contribution in [-0.4, -0.2) is 15.5 Å². The van der Waals surface area contributed by atoms with Crippen molar-refractivity contribution in [2.24, 2.45) is 0 Å². The van der Waals surface area contributed by atoms with Crippen molar-refractivity contribution in [3.63, 3.8) is 0 Å². The maximum absolute atomic E-state index is 12.7. The molecule has 23 heavy (non-hydrogen) atoms. The van der Waals surface area contributed by atoms with Gasteiger partial charge in [-0.15, -0.1) is 0 Å². The molecule has 1 N–H and O–H groups in total. The van der Waals surface area contributed by atoms with Gasteiger partial charge in [0.25, 0.3) is 10.0 Å². The predicted molar refractivity (Wildman–Crippen MR) is 93.8 cm³/mol. The summed E-state index contributed by atoms with van der Waals surface area (Å²) in [5.74, 6) is 0.867. The van der Waals surface area contributed by atoms with E-state index >= 15 is 0 Å². The number of hydrogen-bond acceptors (Lipinski definition) is 3. The normalized spacial score (nSPS) is 11.6. The molecule has 0 unspecified atom stereocenters. The van der Waals surface area contributed by atoms with E-state index in [0.29, 0.717) is 11.4 Å². The van der Waals surface area contributed by atoms with Crippen LogP contribution in [0.2, 0.25) is 0 Å². The molecule has 5 heteroatoms. The maximum Gasteiger partial charge on any atom is 0.261 e. The summed E-state index contributed by atoms with van der Waals surface area (Å²) < 4.78 is 33.5. The number of benzene rings is 2. The summed E-state index contributed by atoms with van der Waals surface area (Å²) >= 11 is 0. The quantitative estimate of drug-likeness (QED) is 0.890. The van der Waals surface area contributed by atoms with Crippen LogP contribution in [0.3, 0.4) is 0 Å². The molecule has 0 saturated carbocycles. The molecule has 0 aliphatic carbocycles. The molecule has 0 fully saturated rings. The van der Waals surface area contributed by atoms with Gasteiger partial charge in [-0.1, -0.05) is 32.0 Å². The van der Waals surface area contributed by atoms with Crippen molar-refractivity contribution in [3.8, 4) is 5.75 Å². The van der Waals surface area contributed by atoms with Crippen molar-refractivity contribution in [3.05, 3.63) is 53.1 Å². The standard InChI is InChI=1S/C18H23NO3S/c1-12(2)16-11-15(9-10-17(16)22-5)23(20,21)19-18-13(3)7-6-8-14(18)4/h6-12,19H,1-5H3. The third kappa shape index (κ3) is 3.67. The molecule has 0 amide bonds. The molecule has 0 saturated heterocycles. The molecular weight excluding hydrogens is 310 g/mol. The van der Waals surface area contributed by atoms with E-state index in [9.17, 15) is 8.42 Å². The summed E-state index contributed by atoms with van der Waals surface area (Å²) in [7, 11) is -2.06. The van der Waals surface area contributed by atoms with Crippen molar-refractivity contribution >= 4 is 15.7 Å². The Kier molecular flexibility index (Phi) is 5.00. The molecular formula is C18H23NO3S. The molecule has 4 nitrogen and oxygen atoms in total. The Bertz CT molecular complexity index is 791. The molecule has 2 aromatic carbocycles. The van der Waals surface area contributed by atoms with Crippen LogP contribution in [0.1, 0.15) is 36.5 Å². The fourth-order valence-electron chi connectivity index (χ4n) is 2.50. The molecule has 0 radical (unpaired) electrons. The second-order valence-corrected chi connectivity index (χ2v) is 7.61. The Labute approximate surface area is 138 Å². The number of sulfonamides is 1. The second kappa shape index (κ2) is 6.62. The van der Waals surface area contributed by atoms with E-state index < -0.39 is 10.0 Å². The highest BCUT2D eigenvalue weighted by molar-refractivity contribution is 7.92. The first-order valence-corrected chi connectivity index (χ1v) is 9.01. The summed E-state index contributed by atoms with van der Waals surface area (Å²) in [4.78, 5) is 0.240. The number of nitrogens with one attached hydrogen (secondary N) is 1. The second-order valence-electron chi connectivity index (χ2n) is 5.93. The monoisotopic (exact) mass is 333 g/mol. The third-order valence-electron chi connectivity index (χ3n) is 3.85. The smallest absolute Gasteiger partial charge is 0.261 e. The molecule has 0 heterocycles. The lowest BCUT2D eigenvalue weighted by Gasteiger charge is -2.16. The first-order chi connectivity index (χ1) is 10.8. The highest BCUT2D eigenvalue weighted by Gasteiger charge is 2.19. The van der Waals surface area contributed by atoms with Gasteiger partial charge in [0.2, 0.25) is 0 Å². The number of para-hydroxylation sites is 1. The van der Waals surface area contributed by atoms with E-state index in [4.69, 9.17) is 4.74 Å². The molecule has 0 aliphatic rings. The summed E-state index contributed by atoms with van der Waals surface area (Å²) in [5.41, 5.74) is 3.30. The zero-order valence-corrected chi connectivity index (χ0v) is 15.0. The van der Waals surface area contributed by atoms with Crippen LogP contribution in [0.5, 0.6) is 5.75 Å². The number of methoxy groups -OCH3 is 1. The lowest BCUT2D eigenvalue weighted by Crippen LogP contribution is -2.15. The SMILES string of the molecule is COc1ccc(S(=O)(=O)Nc2c(C)cccc2C)cc1C(C)C. The first-order valence-electron chi connectivity index (χ1n) is 7.53.